The lowest BCUT2D eigenvalue weighted by atomic mass is 9.85. The molecule has 1 heterocycles. The minimum absolute atomic E-state index is 0.134. The number of nitrogens with zero attached hydrogens (tertiary/aromatic N) is 2. The molecule has 2 aliphatic carbocycles. The lowest BCUT2D eigenvalue weighted by Gasteiger charge is -2.20. The average molecular weight is 325 g/mol. The Kier molecular flexibility index (Phi) is 4.32. The molecule has 1 aromatic carbocycles. The van der Waals surface area contributed by atoms with Crippen LogP contribution in [-0.4, -0.2) is 16.0 Å². The van der Waals surface area contributed by atoms with Gasteiger partial charge in [0, 0.05) is 23.1 Å². The summed E-state index contributed by atoms with van der Waals surface area (Å²) in [6, 6.07) is 7.71. The van der Waals surface area contributed by atoms with E-state index in [-0.39, 0.29) is 11.8 Å². The fraction of sp³-hybridized carbons (Fsp3) is 0.526. The minimum Gasteiger partial charge on any atom is -0.339 e. The van der Waals surface area contributed by atoms with Crippen LogP contribution in [0.3, 0.4) is 0 Å². The molecule has 2 saturated carbocycles. The molecule has 0 bridgehead atoms. The average Bonchev–Trinajstić information content (AvgIpc) is 3.04. The molecule has 0 unspecified atom stereocenters. The van der Waals surface area contributed by atoms with Crippen molar-refractivity contribution in [3.05, 3.63) is 30.2 Å². The van der Waals surface area contributed by atoms with E-state index < -0.39 is 0 Å². The van der Waals surface area contributed by atoms with E-state index >= 15 is 0 Å². The minimum atomic E-state index is 0.134. The summed E-state index contributed by atoms with van der Waals surface area (Å²) in [6.07, 6.45) is 9.09. The number of amides is 1. The van der Waals surface area contributed by atoms with Crippen LogP contribution in [-0.2, 0) is 4.79 Å². The summed E-state index contributed by atoms with van der Waals surface area (Å²) >= 11 is 0. The molecule has 0 aliphatic heterocycles. The van der Waals surface area contributed by atoms with Gasteiger partial charge in [0.15, 0.2) is 0 Å². The Hall–Kier alpha value is -2.17. The predicted octanol–water partition coefficient (Wildman–Crippen LogP) is 4.52. The summed E-state index contributed by atoms with van der Waals surface area (Å²) in [5.41, 5.74) is 1.68. The maximum absolute atomic E-state index is 12.4. The summed E-state index contributed by atoms with van der Waals surface area (Å²) in [5, 5.41) is 7.15. The van der Waals surface area contributed by atoms with Crippen molar-refractivity contribution in [2.75, 3.05) is 5.32 Å². The molecule has 4 rings (SSSR count). The number of hydrogen-bond donors (Lipinski definition) is 1. The largest absolute Gasteiger partial charge is 0.339 e. The quantitative estimate of drug-likeness (QED) is 0.897. The summed E-state index contributed by atoms with van der Waals surface area (Å²) < 4.78 is 5.39. The predicted molar refractivity (Wildman–Crippen MR) is 91.5 cm³/mol. The van der Waals surface area contributed by atoms with Crippen molar-refractivity contribution < 1.29 is 9.32 Å². The van der Waals surface area contributed by atoms with Gasteiger partial charge in [0.05, 0.1) is 0 Å². The summed E-state index contributed by atoms with van der Waals surface area (Å²) in [4.78, 5) is 16.9. The first-order valence-corrected chi connectivity index (χ1v) is 9.04. The van der Waals surface area contributed by atoms with Gasteiger partial charge in [-0.1, -0.05) is 43.0 Å². The highest BCUT2D eigenvalue weighted by atomic mass is 16.5. The Morgan fingerprint density at radius 1 is 1.08 bits per heavy atom. The van der Waals surface area contributed by atoms with Gasteiger partial charge < -0.3 is 9.84 Å². The number of anilines is 1. The molecule has 5 heteroatoms. The Bertz CT molecular complexity index is 715. The highest BCUT2D eigenvalue weighted by molar-refractivity contribution is 5.93. The smallest absolute Gasteiger partial charge is 0.230 e. The number of hydrogen-bond acceptors (Lipinski definition) is 4. The standard InChI is InChI=1S/C19H23N3O2/c23-18(13-6-2-1-3-7-13)20-16-11-5-10-15(12-16)17-21-19(24-22-17)14-8-4-9-14/h5,10-14H,1-4,6-9H2,(H,20,23). The van der Waals surface area contributed by atoms with E-state index in [2.05, 4.69) is 15.5 Å². The first-order chi connectivity index (χ1) is 11.8. The highest BCUT2D eigenvalue weighted by Crippen LogP contribution is 2.36. The van der Waals surface area contributed by atoms with E-state index in [0.29, 0.717) is 11.7 Å². The molecule has 0 saturated heterocycles. The van der Waals surface area contributed by atoms with E-state index in [1.54, 1.807) is 0 Å². The molecule has 126 valence electrons. The van der Waals surface area contributed by atoms with Crippen LogP contribution < -0.4 is 5.32 Å². The molecule has 1 aromatic heterocycles. The van der Waals surface area contributed by atoms with Gasteiger partial charge in [0.1, 0.15) is 0 Å². The fourth-order valence-corrected chi connectivity index (χ4v) is 3.52. The van der Waals surface area contributed by atoms with E-state index in [4.69, 9.17) is 4.52 Å². The summed E-state index contributed by atoms with van der Waals surface area (Å²) in [5.74, 6) is 2.06. The third kappa shape index (κ3) is 3.21. The van der Waals surface area contributed by atoms with Crippen LogP contribution >= 0.6 is 0 Å². The zero-order chi connectivity index (χ0) is 16.4. The van der Waals surface area contributed by atoms with Crippen LogP contribution in [0.5, 0.6) is 0 Å². The van der Waals surface area contributed by atoms with Gasteiger partial charge in [-0.3, -0.25) is 4.79 Å². The van der Waals surface area contributed by atoms with Gasteiger partial charge in [-0.2, -0.15) is 4.98 Å². The first kappa shape index (κ1) is 15.4. The van der Waals surface area contributed by atoms with E-state index in [1.165, 1.54) is 12.8 Å². The molecule has 5 nitrogen and oxygen atoms in total. The first-order valence-electron chi connectivity index (χ1n) is 9.04. The maximum Gasteiger partial charge on any atom is 0.230 e. The Morgan fingerprint density at radius 3 is 2.67 bits per heavy atom. The van der Waals surface area contributed by atoms with Crippen LogP contribution in [0.25, 0.3) is 11.4 Å². The van der Waals surface area contributed by atoms with E-state index in [1.807, 2.05) is 24.3 Å². The molecular formula is C19H23N3O2. The molecule has 0 spiro atoms. The molecule has 2 aromatic rings. The van der Waals surface area contributed by atoms with Gasteiger partial charge in [-0.15, -0.1) is 0 Å². The lowest BCUT2D eigenvalue weighted by Crippen LogP contribution is -2.24. The van der Waals surface area contributed by atoms with Gasteiger partial charge in [0.2, 0.25) is 17.6 Å². The van der Waals surface area contributed by atoms with Crippen LogP contribution in [0, 0.1) is 5.92 Å². The zero-order valence-corrected chi connectivity index (χ0v) is 13.8. The van der Waals surface area contributed by atoms with Crippen LogP contribution in [0.4, 0.5) is 5.69 Å². The molecule has 0 atom stereocenters. The Morgan fingerprint density at radius 2 is 1.92 bits per heavy atom. The topological polar surface area (TPSA) is 68.0 Å². The monoisotopic (exact) mass is 325 g/mol. The fourth-order valence-electron chi connectivity index (χ4n) is 3.52. The molecule has 2 fully saturated rings. The second kappa shape index (κ2) is 6.75. The number of benzene rings is 1. The van der Waals surface area contributed by atoms with Crippen molar-refractivity contribution in [1.82, 2.24) is 10.1 Å². The Labute approximate surface area is 141 Å². The number of aromatic nitrogens is 2. The SMILES string of the molecule is O=C(Nc1cccc(-c2noc(C3CCC3)n2)c1)C1CCCCC1. The molecule has 1 amide bonds. The van der Waals surface area contributed by atoms with Crippen LogP contribution in [0.15, 0.2) is 28.8 Å². The van der Waals surface area contributed by atoms with Crippen molar-refractivity contribution >= 4 is 11.6 Å². The third-order valence-corrected chi connectivity index (χ3v) is 5.26. The van der Waals surface area contributed by atoms with Crippen molar-refractivity contribution in [2.24, 2.45) is 5.92 Å². The maximum atomic E-state index is 12.4. The van der Waals surface area contributed by atoms with Gasteiger partial charge in [-0.05, 0) is 37.8 Å². The highest BCUT2D eigenvalue weighted by Gasteiger charge is 2.26. The van der Waals surface area contributed by atoms with Crippen molar-refractivity contribution in [1.29, 1.82) is 0 Å². The van der Waals surface area contributed by atoms with Gasteiger partial charge in [0.25, 0.3) is 0 Å². The normalized spacial score (nSPS) is 19.0. The molecule has 1 N–H and O–H groups in total. The summed E-state index contributed by atoms with van der Waals surface area (Å²) in [6.45, 7) is 0. The molecular weight excluding hydrogens is 302 g/mol. The number of rotatable bonds is 4. The molecule has 0 radical (unpaired) electrons. The van der Waals surface area contributed by atoms with E-state index in [9.17, 15) is 4.79 Å². The zero-order valence-electron chi connectivity index (χ0n) is 13.8. The van der Waals surface area contributed by atoms with Gasteiger partial charge >= 0.3 is 0 Å². The second-order valence-electron chi connectivity index (χ2n) is 6.99. The summed E-state index contributed by atoms with van der Waals surface area (Å²) in [7, 11) is 0. The van der Waals surface area contributed by atoms with E-state index in [0.717, 1.165) is 55.7 Å². The number of carbonyl (C=O) groups excluding carboxylic acids is 1. The van der Waals surface area contributed by atoms with Crippen molar-refractivity contribution in [3.63, 3.8) is 0 Å². The van der Waals surface area contributed by atoms with Crippen LogP contribution in [0.2, 0.25) is 0 Å². The molecule has 2 aliphatic rings. The van der Waals surface area contributed by atoms with Crippen molar-refractivity contribution in [2.45, 2.75) is 57.3 Å². The number of carbonyl (C=O) groups is 1. The van der Waals surface area contributed by atoms with Gasteiger partial charge in [-0.25, -0.2) is 0 Å². The lowest BCUT2D eigenvalue weighted by molar-refractivity contribution is -0.120. The molecule has 24 heavy (non-hydrogen) atoms. The number of nitrogens with one attached hydrogen (secondary N) is 1. The van der Waals surface area contributed by atoms with Crippen LogP contribution in [0.1, 0.15) is 63.2 Å². The Balaban J connectivity index is 1.46. The third-order valence-electron chi connectivity index (χ3n) is 5.26. The van der Waals surface area contributed by atoms with Crippen molar-refractivity contribution in [3.8, 4) is 11.4 Å². The second-order valence-corrected chi connectivity index (χ2v) is 6.99.